The average molecular weight is 279 g/mol. The lowest BCUT2D eigenvalue weighted by Gasteiger charge is -2.26. The number of nitrogens with two attached hydrogens (primary N) is 1. The summed E-state index contributed by atoms with van der Waals surface area (Å²) in [5.41, 5.74) is 6.72. The largest absolute Gasteiger partial charge is 0.495 e. The molecule has 1 aromatic carbocycles. The molecule has 1 aromatic rings. The summed E-state index contributed by atoms with van der Waals surface area (Å²) in [4.78, 5) is 14.3. The molecule has 6 nitrogen and oxygen atoms in total. The van der Waals surface area contributed by atoms with Gasteiger partial charge in [-0.2, -0.15) is 0 Å². The first-order valence-corrected chi connectivity index (χ1v) is 6.73. The number of nitrogen functional groups attached to an aromatic ring is 1. The number of benzene rings is 1. The molecule has 1 amide bonds. The van der Waals surface area contributed by atoms with Gasteiger partial charge in [0.1, 0.15) is 5.75 Å². The minimum absolute atomic E-state index is 0.172. The molecular weight excluding hydrogens is 258 g/mol. The standard InChI is InChI=1S/C14H21N3O3/c1-19-12-4-2-3-11(13(12)15)14(18)16-5-6-17-7-9-20-10-8-17/h2-4H,5-10,15H2,1H3,(H,16,18). The van der Waals surface area contributed by atoms with Crippen molar-refractivity contribution in [2.24, 2.45) is 0 Å². The van der Waals surface area contributed by atoms with Crippen molar-refractivity contribution in [2.75, 3.05) is 52.2 Å². The number of hydrogen-bond donors (Lipinski definition) is 2. The third-order valence-corrected chi connectivity index (χ3v) is 3.35. The van der Waals surface area contributed by atoms with Crippen LogP contribution in [0.1, 0.15) is 10.4 Å². The third-order valence-electron chi connectivity index (χ3n) is 3.35. The number of nitrogens with one attached hydrogen (secondary N) is 1. The highest BCUT2D eigenvalue weighted by molar-refractivity contribution is 6.00. The number of methoxy groups -OCH3 is 1. The number of para-hydroxylation sites is 1. The molecule has 0 unspecified atom stereocenters. The van der Waals surface area contributed by atoms with Gasteiger partial charge in [0.2, 0.25) is 0 Å². The molecule has 110 valence electrons. The summed E-state index contributed by atoms with van der Waals surface area (Å²) in [6.07, 6.45) is 0. The number of nitrogens with zero attached hydrogens (tertiary/aromatic N) is 1. The Balaban J connectivity index is 1.85. The lowest BCUT2D eigenvalue weighted by atomic mass is 10.1. The topological polar surface area (TPSA) is 76.8 Å². The molecule has 0 radical (unpaired) electrons. The van der Waals surface area contributed by atoms with E-state index in [-0.39, 0.29) is 5.91 Å². The van der Waals surface area contributed by atoms with Crippen LogP contribution in [0, 0.1) is 0 Å². The highest BCUT2D eigenvalue weighted by Gasteiger charge is 2.14. The summed E-state index contributed by atoms with van der Waals surface area (Å²) in [5, 5.41) is 2.88. The predicted octanol–water partition coefficient (Wildman–Crippen LogP) is 0.339. The molecule has 0 spiro atoms. The Morgan fingerprint density at radius 2 is 2.20 bits per heavy atom. The summed E-state index contributed by atoms with van der Waals surface area (Å²) < 4.78 is 10.4. The van der Waals surface area contributed by atoms with E-state index in [2.05, 4.69) is 10.2 Å². The summed E-state index contributed by atoms with van der Waals surface area (Å²) in [6, 6.07) is 5.19. The fourth-order valence-corrected chi connectivity index (χ4v) is 2.17. The van der Waals surface area contributed by atoms with Crippen molar-refractivity contribution < 1.29 is 14.3 Å². The maximum Gasteiger partial charge on any atom is 0.253 e. The van der Waals surface area contributed by atoms with E-state index in [0.29, 0.717) is 23.5 Å². The highest BCUT2D eigenvalue weighted by atomic mass is 16.5. The minimum Gasteiger partial charge on any atom is -0.495 e. The van der Waals surface area contributed by atoms with Crippen molar-refractivity contribution in [1.29, 1.82) is 0 Å². The molecular formula is C14H21N3O3. The van der Waals surface area contributed by atoms with Gasteiger partial charge in [0, 0.05) is 26.2 Å². The van der Waals surface area contributed by atoms with Crippen molar-refractivity contribution >= 4 is 11.6 Å². The van der Waals surface area contributed by atoms with Crippen molar-refractivity contribution in [3.63, 3.8) is 0 Å². The van der Waals surface area contributed by atoms with Crippen molar-refractivity contribution in [2.45, 2.75) is 0 Å². The number of anilines is 1. The monoisotopic (exact) mass is 279 g/mol. The van der Waals surface area contributed by atoms with Gasteiger partial charge in [-0.15, -0.1) is 0 Å². The van der Waals surface area contributed by atoms with Crippen LogP contribution in [0.3, 0.4) is 0 Å². The van der Waals surface area contributed by atoms with Gasteiger partial charge in [0.05, 0.1) is 31.6 Å². The number of carbonyl (C=O) groups excluding carboxylic acids is 1. The Morgan fingerprint density at radius 3 is 2.90 bits per heavy atom. The first kappa shape index (κ1) is 14.6. The molecule has 2 rings (SSSR count). The van der Waals surface area contributed by atoms with E-state index >= 15 is 0 Å². The Labute approximate surface area is 118 Å². The maximum atomic E-state index is 12.1. The van der Waals surface area contributed by atoms with Crippen LogP contribution < -0.4 is 15.8 Å². The van der Waals surface area contributed by atoms with Crippen LogP contribution in [-0.4, -0.2) is 57.3 Å². The Hall–Kier alpha value is -1.79. The van der Waals surface area contributed by atoms with Crippen LogP contribution in [0.25, 0.3) is 0 Å². The van der Waals surface area contributed by atoms with E-state index in [0.717, 1.165) is 32.8 Å². The maximum absolute atomic E-state index is 12.1. The lowest BCUT2D eigenvalue weighted by molar-refractivity contribution is 0.0383. The van der Waals surface area contributed by atoms with Crippen LogP contribution >= 0.6 is 0 Å². The van der Waals surface area contributed by atoms with Crippen molar-refractivity contribution in [3.8, 4) is 5.75 Å². The number of hydrogen-bond acceptors (Lipinski definition) is 5. The van der Waals surface area contributed by atoms with E-state index in [4.69, 9.17) is 15.2 Å². The smallest absolute Gasteiger partial charge is 0.253 e. The Morgan fingerprint density at radius 1 is 1.45 bits per heavy atom. The van der Waals surface area contributed by atoms with Gasteiger partial charge >= 0.3 is 0 Å². The van der Waals surface area contributed by atoms with Crippen LogP contribution in [0.5, 0.6) is 5.75 Å². The van der Waals surface area contributed by atoms with E-state index in [1.54, 1.807) is 18.2 Å². The molecule has 1 heterocycles. The molecule has 20 heavy (non-hydrogen) atoms. The van der Waals surface area contributed by atoms with Crippen LogP contribution in [0.15, 0.2) is 18.2 Å². The number of morpholine rings is 1. The van der Waals surface area contributed by atoms with Gasteiger partial charge in [-0.3, -0.25) is 9.69 Å². The average Bonchev–Trinajstić information content (AvgIpc) is 2.48. The molecule has 6 heteroatoms. The summed E-state index contributed by atoms with van der Waals surface area (Å²) in [5.74, 6) is 0.348. The van der Waals surface area contributed by atoms with Crippen molar-refractivity contribution in [1.82, 2.24) is 10.2 Å². The second kappa shape index (κ2) is 7.12. The first-order valence-electron chi connectivity index (χ1n) is 6.73. The van der Waals surface area contributed by atoms with Crippen molar-refractivity contribution in [3.05, 3.63) is 23.8 Å². The SMILES string of the molecule is COc1cccc(C(=O)NCCN2CCOCC2)c1N. The lowest BCUT2D eigenvalue weighted by Crippen LogP contribution is -2.41. The molecule has 0 aromatic heterocycles. The summed E-state index contributed by atoms with van der Waals surface area (Å²) in [7, 11) is 1.53. The third kappa shape index (κ3) is 3.61. The fourth-order valence-electron chi connectivity index (χ4n) is 2.17. The van der Waals surface area contributed by atoms with Crippen LogP contribution in [0.4, 0.5) is 5.69 Å². The zero-order valence-electron chi connectivity index (χ0n) is 11.7. The zero-order chi connectivity index (χ0) is 14.4. The molecule has 1 fully saturated rings. The minimum atomic E-state index is -0.172. The van der Waals surface area contributed by atoms with E-state index < -0.39 is 0 Å². The van der Waals surface area contributed by atoms with Gasteiger partial charge < -0.3 is 20.5 Å². The quantitative estimate of drug-likeness (QED) is 0.760. The van der Waals surface area contributed by atoms with Gasteiger partial charge in [0.15, 0.2) is 0 Å². The predicted molar refractivity (Wildman–Crippen MR) is 77.0 cm³/mol. The molecule has 0 aliphatic carbocycles. The summed E-state index contributed by atoms with van der Waals surface area (Å²) in [6.45, 7) is 4.76. The Bertz CT molecular complexity index is 459. The second-order valence-corrected chi connectivity index (χ2v) is 4.63. The second-order valence-electron chi connectivity index (χ2n) is 4.63. The molecule has 1 aliphatic heterocycles. The van der Waals surface area contributed by atoms with E-state index in [1.807, 2.05) is 0 Å². The molecule has 0 atom stereocenters. The van der Waals surface area contributed by atoms with Crippen LogP contribution in [0.2, 0.25) is 0 Å². The van der Waals surface area contributed by atoms with E-state index in [9.17, 15) is 4.79 Å². The fraction of sp³-hybridized carbons (Fsp3) is 0.500. The Kier molecular flexibility index (Phi) is 5.20. The molecule has 1 saturated heterocycles. The molecule has 1 aliphatic rings. The van der Waals surface area contributed by atoms with Gasteiger partial charge in [-0.05, 0) is 12.1 Å². The number of ether oxygens (including phenoxy) is 2. The molecule has 3 N–H and O–H groups in total. The first-order chi connectivity index (χ1) is 9.72. The van der Waals surface area contributed by atoms with Crippen LogP contribution in [-0.2, 0) is 4.74 Å². The van der Waals surface area contributed by atoms with Gasteiger partial charge in [-0.1, -0.05) is 6.07 Å². The zero-order valence-corrected chi connectivity index (χ0v) is 11.7. The number of rotatable bonds is 5. The van der Waals surface area contributed by atoms with Gasteiger partial charge in [0.25, 0.3) is 5.91 Å². The molecule has 0 saturated carbocycles. The highest BCUT2D eigenvalue weighted by Crippen LogP contribution is 2.24. The van der Waals surface area contributed by atoms with E-state index in [1.165, 1.54) is 7.11 Å². The number of amides is 1. The normalized spacial score (nSPS) is 15.8. The van der Waals surface area contributed by atoms with Gasteiger partial charge in [-0.25, -0.2) is 0 Å². The molecule has 0 bridgehead atoms. The summed E-state index contributed by atoms with van der Waals surface area (Å²) >= 11 is 0. The number of carbonyl (C=O) groups is 1.